The van der Waals surface area contributed by atoms with E-state index in [-0.39, 0.29) is 0 Å². The molecule has 1 rings (SSSR count). The molecule has 0 aliphatic heterocycles. The van der Waals surface area contributed by atoms with Gasteiger partial charge < -0.3 is 10.2 Å². The topological polar surface area (TPSA) is 70.4 Å². The highest BCUT2D eigenvalue weighted by Gasteiger charge is 1.82. The quantitative estimate of drug-likeness (QED) is 0.605. The van der Waals surface area contributed by atoms with E-state index in [1.54, 1.807) is 12.4 Å². The largest absolute Gasteiger partial charge is 0.480 e. The van der Waals surface area contributed by atoms with Crippen LogP contribution in [0.4, 0.5) is 0 Å². The van der Waals surface area contributed by atoms with E-state index in [1.165, 1.54) is 0 Å². The van der Waals surface area contributed by atoms with Crippen molar-refractivity contribution in [2.75, 3.05) is 6.61 Å². The van der Waals surface area contributed by atoms with Gasteiger partial charge in [0.1, 0.15) is 6.61 Å². The lowest BCUT2D eigenvalue weighted by Gasteiger charge is -1.72. The third-order valence-electron chi connectivity index (χ3n) is 0.702. The lowest BCUT2D eigenvalue weighted by molar-refractivity contribution is -0.140. The molecule has 0 spiro atoms. The zero-order valence-electron chi connectivity index (χ0n) is 5.84. The maximum Gasteiger partial charge on any atom is 0.329 e. The van der Waals surface area contributed by atoms with Crippen LogP contribution in [0.5, 0.6) is 0 Å². The minimum Gasteiger partial charge on any atom is -0.480 e. The number of pyridine rings is 1. The van der Waals surface area contributed by atoms with Crippen molar-refractivity contribution in [3.05, 3.63) is 30.6 Å². The fourth-order valence-corrected chi connectivity index (χ4v) is 0.313. The molecule has 60 valence electrons. The Hall–Kier alpha value is -1.42. The molecule has 0 aromatic carbocycles. The molecule has 0 radical (unpaired) electrons. The van der Waals surface area contributed by atoms with Crippen molar-refractivity contribution in [2.45, 2.75) is 0 Å². The first kappa shape index (κ1) is 9.58. The second kappa shape index (κ2) is 6.70. The lowest BCUT2D eigenvalue weighted by Crippen LogP contribution is -1.98. The summed E-state index contributed by atoms with van der Waals surface area (Å²) in [4.78, 5) is 12.9. The molecule has 0 unspecified atom stereocenters. The summed E-state index contributed by atoms with van der Waals surface area (Å²) >= 11 is 0. The van der Waals surface area contributed by atoms with E-state index in [4.69, 9.17) is 15.0 Å². The van der Waals surface area contributed by atoms with Crippen molar-refractivity contribution in [1.29, 1.82) is 0 Å². The number of carboxylic acids is 1. The zero-order valence-corrected chi connectivity index (χ0v) is 5.84. The Morgan fingerprint density at radius 1 is 1.27 bits per heavy atom. The molecule has 4 heteroatoms. The molecule has 1 heterocycles. The molecule has 0 amide bonds. The van der Waals surface area contributed by atoms with Crippen LogP contribution in [0.2, 0.25) is 0 Å². The van der Waals surface area contributed by atoms with Crippen molar-refractivity contribution in [2.24, 2.45) is 0 Å². The molecule has 0 saturated carbocycles. The molecule has 0 bridgehead atoms. The Morgan fingerprint density at radius 2 is 1.73 bits per heavy atom. The third kappa shape index (κ3) is 8.58. The fraction of sp³-hybridized carbons (Fsp3) is 0.143. The first-order valence-corrected chi connectivity index (χ1v) is 2.95. The number of nitrogens with zero attached hydrogens (tertiary/aromatic N) is 1. The van der Waals surface area contributed by atoms with E-state index in [0.29, 0.717) is 0 Å². The van der Waals surface area contributed by atoms with Crippen molar-refractivity contribution >= 4 is 5.97 Å². The van der Waals surface area contributed by atoms with Crippen molar-refractivity contribution in [1.82, 2.24) is 4.98 Å². The van der Waals surface area contributed by atoms with Gasteiger partial charge in [-0.05, 0) is 12.1 Å². The van der Waals surface area contributed by atoms with Gasteiger partial charge in [0.15, 0.2) is 0 Å². The summed E-state index contributed by atoms with van der Waals surface area (Å²) in [5.41, 5.74) is 0. The van der Waals surface area contributed by atoms with Gasteiger partial charge in [-0.2, -0.15) is 0 Å². The molecule has 1 aromatic rings. The number of aliphatic hydroxyl groups is 1. The highest BCUT2D eigenvalue weighted by Crippen LogP contribution is 1.73. The van der Waals surface area contributed by atoms with Crippen LogP contribution in [0.1, 0.15) is 0 Å². The van der Waals surface area contributed by atoms with Gasteiger partial charge in [0.2, 0.25) is 0 Å². The summed E-state index contributed by atoms with van der Waals surface area (Å²) in [5.74, 6) is -1.19. The average Bonchev–Trinajstić information content (AvgIpc) is 2.09. The Kier molecular flexibility index (Phi) is 5.83. The van der Waals surface area contributed by atoms with Crippen LogP contribution < -0.4 is 0 Å². The maximum absolute atomic E-state index is 9.12. The number of hydrogen-bond acceptors (Lipinski definition) is 3. The zero-order chi connectivity index (χ0) is 8.53. The molecule has 0 atom stereocenters. The molecular formula is C7H9NO3. The molecule has 2 N–H and O–H groups in total. The molecule has 0 aliphatic rings. The van der Waals surface area contributed by atoms with Gasteiger partial charge in [-0.15, -0.1) is 0 Å². The number of aromatic nitrogens is 1. The van der Waals surface area contributed by atoms with Crippen molar-refractivity contribution in [3.8, 4) is 0 Å². The van der Waals surface area contributed by atoms with Gasteiger partial charge in [-0.25, -0.2) is 4.79 Å². The molecular weight excluding hydrogens is 146 g/mol. The Bertz CT molecular complexity index is 161. The summed E-state index contributed by atoms with van der Waals surface area (Å²) in [5, 5.41) is 15.0. The van der Waals surface area contributed by atoms with Gasteiger partial charge >= 0.3 is 5.97 Å². The Balaban J connectivity index is 0.000000187. The lowest BCUT2D eigenvalue weighted by atomic mass is 10.5. The summed E-state index contributed by atoms with van der Waals surface area (Å²) in [7, 11) is 0. The molecule has 1 aromatic heterocycles. The number of carbonyl (C=O) groups is 1. The summed E-state index contributed by atoms with van der Waals surface area (Å²) in [6.07, 6.45) is 3.50. The molecule has 4 nitrogen and oxygen atoms in total. The van der Waals surface area contributed by atoms with Crippen LogP contribution >= 0.6 is 0 Å². The summed E-state index contributed by atoms with van der Waals surface area (Å²) < 4.78 is 0. The number of carboxylic acid groups (broad SMARTS) is 1. The first-order valence-electron chi connectivity index (χ1n) is 2.95. The molecule has 0 aliphatic carbocycles. The van der Waals surface area contributed by atoms with Crippen LogP contribution in [0, 0.1) is 0 Å². The van der Waals surface area contributed by atoms with Gasteiger partial charge in [0, 0.05) is 12.4 Å². The second-order valence-electron chi connectivity index (χ2n) is 1.58. The fourth-order valence-electron chi connectivity index (χ4n) is 0.313. The van der Waals surface area contributed by atoms with Gasteiger partial charge in [0.05, 0.1) is 0 Å². The SMILES string of the molecule is O=C(O)CO.c1ccncc1. The van der Waals surface area contributed by atoms with E-state index in [2.05, 4.69) is 4.98 Å². The van der Waals surface area contributed by atoms with Gasteiger partial charge in [-0.1, -0.05) is 6.07 Å². The normalized spacial score (nSPS) is 7.73. The number of aliphatic hydroxyl groups excluding tert-OH is 1. The highest BCUT2D eigenvalue weighted by molar-refractivity contribution is 5.67. The minimum absolute atomic E-state index is 0.778. The molecule has 0 fully saturated rings. The van der Waals surface area contributed by atoms with Crippen LogP contribution in [-0.2, 0) is 4.79 Å². The van der Waals surface area contributed by atoms with Crippen LogP contribution in [0.15, 0.2) is 30.6 Å². The van der Waals surface area contributed by atoms with E-state index in [1.807, 2.05) is 18.2 Å². The van der Waals surface area contributed by atoms with E-state index in [9.17, 15) is 0 Å². The van der Waals surface area contributed by atoms with Crippen molar-refractivity contribution in [3.63, 3.8) is 0 Å². The summed E-state index contributed by atoms with van der Waals surface area (Å²) in [6, 6.07) is 5.72. The standard InChI is InChI=1S/C5H5N.C2H4O3/c1-2-4-6-5-3-1;3-1-2(4)5/h1-5H;3H,1H2,(H,4,5). The summed E-state index contributed by atoms with van der Waals surface area (Å²) in [6.45, 7) is -0.778. The smallest absolute Gasteiger partial charge is 0.329 e. The predicted octanol–water partition coefficient (Wildman–Crippen LogP) is 0.145. The van der Waals surface area contributed by atoms with E-state index in [0.717, 1.165) is 0 Å². The van der Waals surface area contributed by atoms with E-state index >= 15 is 0 Å². The highest BCUT2D eigenvalue weighted by atomic mass is 16.4. The Labute approximate surface area is 64.1 Å². The van der Waals surface area contributed by atoms with Crippen LogP contribution in [0.25, 0.3) is 0 Å². The first-order chi connectivity index (χ1) is 5.27. The number of rotatable bonds is 1. The second-order valence-corrected chi connectivity index (χ2v) is 1.58. The van der Waals surface area contributed by atoms with Gasteiger partial charge in [0.25, 0.3) is 0 Å². The monoisotopic (exact) mass is 155 g/mol. The molecule has 0 saturated heterocycles. The van der Waals surface area contributed by atoms with Crippen LogP contribution in [0.3, 0.4) is 0 Å². The number of hydrogen-bond donors (Lipinski definition) is 2. The average molecular weight is 155 g/mol. The predicted molar refractivity (Wildman–Crippen MR) is 39.0 cm³/mol. The third-order valence-corrected chi connectivity index (χ3v) is 0.702. The molecule has 11 heavy (non-hydrogen) atoms. The number of aliphatic carboxylic acids is 1. The minimum atomic E-state index is -1.19. The van der Waals surface area contributed by atoms with Crippen LogP contribution in [-0.4, -0.2) is 27.8 Å². The maximum atomic E-state index is 9.12. The van der Waals surface area contributed by atoms with Crippen molar-refractivity contribution < 1.29 is 15.0 Å². The Morgan fingerprint density at radius 3 is 1.82 bits per heavy atom. The van der Waals surface area contributed by atoms with Gasteiger partial charge in [-0.3, -0.25) is 4.98 Å². The van der Waals surface area contributed by atoms with E-state index < -0.39 is 12.6 Å².